The molecular formula is C32H31N2O2P2+. The molecule has 0 amide bonds. The molecule has 6 heteroatoms. The van der Waals surface area contributed by atoms with Crippen LogP contribution in [0, 0.1) is 0 Å². The van der Waals surface area contributed by atoms with Crippen LogP contribution < -0.4 is 34.7 Å². The molecule has 4 aromatic carbocycles. The number of hydrogen-bond acceptors (Lipinski definition) is 3. The smallest absolute Gasteiger partial charge is 0.225 e. The third-order valence-electron chi connectivity index (χ3n) is 5.87. The summed E-state index contributed by atoms with van der Waals surface area (Å²) in [6.45, 7) is 0. The van der Waals surface area contributed by atoms with Gasteiger partial charge >= 0.3 is 0 Å². The molecule has 0 spiro atoms. The topological polar surface area (TPSA) is 31.4 Å². The van der Waals surface area contributed by atoms with Gasteiger partial charge < -0.3 is 9.05 Å². The van der Waals surface area contributed by atoms with Crippen molar-refractivity contribution in [2.24, 2.45) is 0 Å². The molecular weight excluding hydrogens is 506 g/mol. The number of pyridine rings is 1. The molecule has 0 atom stereocenters. The summed E-state index contributed by atoms with van der Waals surface area (Å²) in [6.07, 6.45) is 0. The first-order valence-corrected chi connectivity index (χ1v) is 15.0. The molecule has 4 nitrogen and oxygen atoms in total. The molecule has 0 unspecified atom stereocenters. The van der Waals surface area contributed by atoms with Gasteiger partial charge in [-0.15, -0.1) is 0 Å². The summed E-state index contributed by atoms with van der Waals surface area (Å²) >= 11 is 0. The summed E-state index contributed by atoms with van der Waals surface area (Å²) in [4.78, 5) is 4.91. The fourth-order valence-corrected chi connectivity index (χ4v) is 7.25. The Balaban J connectivity index is 1.56. The maximum Gasteiger partial charge on any atom is 0.225 e. The fraction of sp³-hybridized carbons (Fsp3) is 0.0938. The van der Waals surface area contributed by atoms with Crippen molar-refractivity contribution < 1.29 is 9.05 Å². The van der Waals surface area contributed by atoms with E-state index in [1.807, 2.05) is 84.9 Å². The zero-order valence-electron chi connectivity index (χ0n) is 21.8. The molecule has 0 radical (unpaired) electrons. The lowest BCUT2D eigenvalue weighted by Crippen LogP contribution is -2.34. The van der Waals surface area contributed by atoms with Crippen molar-refractivity contribution >= 4 is 43.2 Å². The largest absolute Gasteiger partial charge is 0.447 e. The van der Waals surface area contributed by atoms with Crippen LogP contribution in [0.5, 0.6) is 11.8 Å². The van der Waals surface area contributed by atoms with E-state index < -0.39 is 16.3 Å². The zero-order chi connectivity index (χ0) is 26.4. The lowest BCUT2D eigenvalue weighted by molar-refractivity contribution is 0.475. The molecule has 38 heavy (non-hydrogen) atoms. The first-order chi connectivity index (χ1) is 18.5. The predicted octanol–water partition coefficient (Wildman–Crippen LogP) is 6.13. The van der Waals surface area contributed by atoms with Crippen molar-refractivity contribution in [3.05, 3.63) is 133 Å². The van der Waals surface area contributed by atoms with E-state index in [4.69, 9.17) is 14.0 Å². The molecule has 1 heterocycles. The lowest BCUT2D eigenvalue weighted by atomic mass is 10.3. The predicted molar refractivity (Wildman–Crippen MR) is 163 cm³/mol. The van der Waals surface area contributed by atoms with Crippen LogP contribution in [0.1, 0.15) is 0 Å². The Morgan fingerprint density at radius 3 is 1.03 bits per heavy atom. The van der Waals surface area contributed by atoms with Crippen molar-refractivity contribution in [3.63, 3.8) is 0 Å². The molecule has 0 N–H and O–H groups in total. The minimum atomic E-state index is -1.12. The van der Waals surface area contributed by atoms with Gasteiger partial charge in [0, 0.05) is 21.2 Å². The highest BCUT2D eigenvalue weighted by Gasteiger charge is 2.24. The molecule has 0 saturated carbocycles. The van der Waals surface area contributed by atoms with Gasteiger partial charge in [0.25, 0.3) is 0 Å². The molecule has 190 valence electrons. The number of nitrogens with zero attached hydrogens (tertiary/aromatic N) is 2. The van der Waals surface area contributed by atoms with E-state index in [9.17, 15) is 0 Å². The van der Waals surface area contributed by atoms with Crippen LogP contribution in [0.2, 0.25) is 0 Å². The minimum Gasteiger partial charge on any atom is -0.447 e. The van der Waals surface area contributed by atoms with Gasteiger partial charge in [0.1, 0.15) is 5.69 Å². The highest BCUT2D eigenvalue weighted by atomic mass is 31.1. The first kappa shape index (κ1) is 26.1. The van der Waals surface area contributed by atoms with E-state index >= 15 is 0 Å². The Kier molecular flexibility index (Phi) is 8.15. The Morgan fingerprint density at radius 2 is 0.763 bits per heavy atom. The van der Waals surface area contributed by atoms with E-state index in [0.29, 0.717) is 16.2 Å². The van der Waals surface area contributed by atoms with Crippen LogP contribution in [0.25, 0.3) is 0 Å². The van der Waals surface area contributed by atoms with Gasteiger partial charge in [-0.05, 0) is 0 Å². The SMILES string of the molecule is C[N+](C)(C)c1cc(OP(c2ccccc2)c2ccccc2)nc(OP(c2ccccc2)c2ccccc2)c1. The highest BCUT2D eigenvalue weighted by molar-refractivity contribution is 7.69. The summed E-state index contributed by atoms with van der Waals surface area (Å²) in [5.74, 6) is 1.11. The number of quaternary nitrogens is 1. The van der Waals surface area contributed by atoms with E-state index in [0.717, 1.165) is 26.9 Å². The Bertz CT molecular complexity index is 1260. The maximum atomic E-state index is 6.73. The quantitative estimate of drug-likeness (QED) is 0.167. The molecule has 1 aromatic heterocycles. The molecule has 0 aliphatic carbocycles. The average Bonchev–Trinajstić information content (AvgIpc) is 2.96. The third kappa shape index (κ3) is 6.47. The summed E-state index contributed by atoms with van der Waals surface area (Å²) in [5.41, 5.74) is 1.05. The Hall–Kier alpha value is -3.55. The summed E-state index contributed by atoms with van der Waals surface area (Å²) < 4.78 is 14.1. The molecule has 0 saturated heterocycles. The Labute approximate surface area is 227 Å². The highest BCUT2D eigenvalue weighted by Crippen LogP contribution is 2.41. The summed E-state index contributed by atoms with van der Waals surface area (Å²) in [7, 11) is 4.18. The van der Waals surface area contributed by atoms with E-state index in [1.54, 1.807) is 0 Å². The van der Waals surface area contributed by atoms with Gasteiger partial charge in [0.05, 0.1) is 33.3 Å². The second-order valence-electron chi connectivity index (χ2n) is 9.63. The normalized spacial score (nSPS) is 11.5. The third-order valence-corrected chi connectivity index (χ3v) is 9.68. The van der Waals surface area contributed by atoms with Crippen molar-refractivity contribution in [1.29, 1.82) is 0 Å². The first-order valence-electron chi connectivity index (χ1n) is 12.5. The molecule has 5 rings (SSSR count). The van der Waals surface area contributed by atoms with Gasteiger partial charge in [-0.2, -0.15) is 4.98 Å². The second kappa shape index (κ2) is 11.9. The van der Waals surface area contributed by atoms with Gasteiger partial charge in [-0.25, -0.2) is 0 Å². The monoisotopic (exact) mass is 537 g/mol. The van der Waals surface area contributed by atoms with E-state index in [1.165, 1.54) is 0 Å². The number of hydrogen-bond donors (Lipinski definition) is 0. The maximum absolute atomic E-state index is 6.73. The molecule has 0 bridgehead atoms. The Morgan fingerprint density at radius 1 is 0.474 bits per heavy atom. The van der Waals surface area contributed by atoms with Crippen LogP contribution in [0.4, 0.5) is 5.69 Å². The van der Waals surface area contributed by atoms with Crippen LogP contribution >= 0.6 is 16.3 Å². The minimum absolute atomic E-state index is 0.556. The van der Waals surface area contributed by atoms with Gasteiger partial charge in [0.15, 0.2) is 16.3 Å². The molecule has 0 aliphatic rings. The lowest BCUT2D eigenvalue weighted by Gasteiger charge is -2.26. The zero-order valence-corrected chi connectivity index (χ0v) is 23.6. The average molecular weight is 538 g/mol. The summed E-state index contributed by atoms with van der Waals surface area (Å²) in [5, 5.41) is 4.52. The van der Waals surface area contributed by atoms with Crippen LogP contribution in [-0.4, -0.2) is 26.1 Å². The van der Waals surface area contributed by atoms with Crippen LogP contribution in [-0.2, 0) is 0 Å². The van der Waals surface area contributed by atoms with E-state index in [2.05, 4.69) is 69.7 Å². The molecule has 5 aromatic rings. The summed E-state index contributed by atoms with van der Waals surface area (Å²) in [6, 6.07) is 45.5. The van der Waals surface area contributed by atoms with Crippen LogP contribution in [0.15, 0.2) is 133 Å². The van der Waals surface area contributed by atoms with Crippen molar-refractivity contribution in [2.45, 2.75) is 0 Å². The number of rotatable bonds is 9. The number of aromatic nitrogens is 1. The van der Waals surface area contributed by atoms with Crippen molar-refractivity contribution in [2.75, 3.05) is 21.1 Å². The van der Waals surface area contributed by atoms with Gasteiger partial charge in [0.2, 0.25) is 11.8 Å². The van der Waals surface area contributed by atoms with Gasteiger partial charge in [-0.3, -0.25) is 4.48 Å². The fourth-order valence-electron chi connectivity index (χ4n) is 3.90. The van der Waals surface area contributed by atoms with Gasteiger partial charge in [-0.1, -0.05) is 121 Å². The molecule has 0 fully saturated rings. The molecule has 0 aliphatic heterocycles. The van der Waals surface area contributed by atoms with Crippen molar-refractivity contribution in [3.8, 4) is 11.8 Å². The van der Waals surface area contributed by atoms with Crippen LogP contribution in [0.3, 0.4) is 0 Å². The second-order valence-corrected chi connectivity index (χ2v) is 13.2. The van der Waals surface area contributed by atoms with E-state index in [-0.39, 0.29) is 0 Å². The standard InChI is InChI=1S/C32H31N2O2P2/c1-34(2,3)26-24-31(35-37(27-16-8-4-9-17-27)28-18-10-5-11-19-28)33-32(25-26)36-38(29-20-12-6-13-21-29)30-22-14-7-15-23-30/h4-25H,1-3H3/q+1. The van der Waals surface area contributed by atoms with Crippen molar-refractivity contribution in [1.82, 2.24) is 9.47 Å². The number of benzene rings is 4.